The summed E-state index contributed by atoms with van der Waals surface area (Å²) in [5.74, 6) is 0. The number of unbranched alkanes of at least 4 members (excludes halogenated alkanes) is 3. The molecule has 0 amide bonds. The largest absolute Gasteiger partial charge is 0.377 e. The van der Waals surface area contributed by atoms with Crippen molar-refractivity contribution in [2.75, 3.05) is 13.2 Å². The first-order valence-electron chi connectivity index (χ1n) is 6.84. The van der Waals surface area contributed by atoms with Gasteiger partial charge >= 0.3 is 0 Å². The molecule has 1 aliphatic heterocycles. The topological polar surface area (TPSA) is 21.3 Å². The zero-order valence-electron chi connectivity index (χ0n) is 10.7. The van der Waals surface area contributed by atoms with Gasteiger partial charge in [-0.25, -0.2) is 0 Å². The maximum absolute atomic E-state index is 5.77. The van der Waals surface area contributed by atoms with Gasteiger partial charge in [-0.2, -0.15) is 0 Å². The minimum Gasteiger partial charge on any atom is -0.377 e. The first-order chi connectivity index (χ1) is 7.88. The summed E-state index contributed by atoms with van der Waals surface area (Å²) in [6.07, 6.45) is 11.3. The highest BCUT2D eigenvalue weighted by Gasteiger charge is 2.24. The van der Waals surface area contributed by atoms with Crippen molar-refractivity contribution >= 4 is 0 Å². The van der Waals surface area contributed by atoms with Gasteiger partial charge in [0.25, 0.3) is 0 Å². The van der Waals surface area contributed by atoms with E-state index in [0.717, 1.165) is 19.6 Å². The molecule has 1 rings (SSSR count). The Morgan fingerprint density at radius 2 is 2.31 bits per heavy atom. The number of rotatable bonds is 9. The molecular weight excluding hydrogens is 198 g/mol. The lowest BCUT2D eigenvalue weighted by Crippen LogP contribution is -2.39. The molecule has 0 aliphatic carbocycles. The average Bonchev–Trinajstić information content (AvgIpc) is 2.81. The van der Waals surface area contributed by atoms with E-state index >= 15 is 0 Å². The molecule has 94 valence electrons. The summed E-state index contributed by atoms with van der Waals surface area (Å²) < 4.78 is 5.77. The van der Waals surface area contributed by atoms with Crippen molar-refractivity contribution in [3.8, 4) is 0 Å². The first-order valence-corrected chi connectivity index (χ1v) is 6.84. The van der Waals surface area contributed by atoms with Crippen molar-refractivity contribution in [2.45, 2.75) is 64.0 Å². The summed E-state index contributed by atoms with van der Waals surface area (Å²) in [4.78, 5) is 0. The molecule has 16 heavy (non-hydrogen) atoms. The molecule has 0 spiro atoms. The SMILES string of the molecule is C=CCCCCCC(NCC)C1CCCO1. The Balaban J connectivity index is 2.14. The van der Waals surface area contributed by atoms with Gasteiger partial charge in [-0.3, -0.25) is 0 Å². The molecule has 0 aromatic heterocycles. The van der Waals surface area contributed by atoms with Crippen molar-refractivity contribution in [1.29, 1.82) is 0 Å². The van der Waals surface area contributed by atoms with Crippen LogP contribution in [0.5, 0.6) is 0 Å². The molecule has 2 nitrogen and oxygen atoms in total. The lowest BCUT2D eigenvalue weighted by atomic mass is 10.0. The van der Waals surface area contributed by atoms with Crippen LogP contribution in [-0.2, 0) is 4.74 Å². The van der Waals surface area contributed by atoms with Gasteiger partial charge in [0.05, 0.1) is 6.10 Å². The lowest BCUT2D eigenvalue weighted by molar-refractivity contribution is 0.0752. The predicted molar refractivity (Wildman–Crippen MR) is 69.7 cm³/mol. The van der Waals surface area contributed by atoms with Crippen LogP contribution in [0.15, 0.2) is 12.7 Å². The Morgan fingerprint density at radius 1 is 1.44 bits per heavy atom. The van der Waals surface area contributed by atoms with Crippen LogP contribution in [0, 0.1) is 0 Å². The highest BCUT2D eigenvalue weighted by Crippen LogP contribution is 2.19. The third-order valence-corrected chi connectivity index (χ3v) is 3.30. The van der Waals surface area contributed by atoms with E-state index in [-0.39, 0.29) is 0 Å². The third-order valence-electron chi connectivity index (χ3n) is 3.30. The summed E-state index contributed by atoms with van der Waals surface area (Å²) in [5.41, 5.74) is 0. The molecule has 0 aromatic carbocycles. The molecular formula is C14H27NO. The zero-order chi connectivity index (χ0) is 11.6. The fraction of sp³-hybridized carbons (Fsp3) is 0.857. The van der Waals surface area contributed by atoms with Gasteiger partial charge in [-0.15, -0.1) is 6.58 Å². The fourth-order valence-electron chi connectivity index (χ4n) is 2.43. The maximum atomic E-state index is 5.77. The van der Waals surface area contributed by atoms with Gasteiger partial charge in [0.2, 0.25) is 0 Å². The van der Waals surface area contributed by atoms with Crippen LogP contribution in [0.25, 0.3) is 0 Å². The van der Waals surface area contributed by atoms with Crippen LogP contribution in [0.2, 0.25) is 0 Å². The van der Waals surface area contributed by atoms with E-state index in [1.54, 1.807) is 0 Å². The lowest BCUT2D eigenvalue weighted by Gasteiger charge is -2.23. The Kier molecular flexibility index (Phi) is 7.52. The first kappa shape index (κ1) is 13.7. The molecule has 2 heteroatoms. The summed E-state index contributed by atoms with van der Waals surface area (Å²) in [7, 11) is 0. The molecule has 0 radical (unpaired) electrons. The molecule has 0 saturated carbocycles. The second-order valence-corrected chi connectivity index (χ2v) is 4.64. The normalized spacial score (nSPS) is 22.2. The summed E-state index contributed by atoms with van der Waals surface area (Å²) in [5, 5.41) is 3.57. The van der Waals surface area contributed by atoms with Crippen LogP contribution in [0.1, 0.15) is 51.9 Å². The van der Waals surface area contributed by atoms with Gasteiger partial charge in [0.15, 0.2) is 0 Å². The molecule has 1 saturated heterocycles. The van der Waals surface area contributed by atoms with E-state index in [2.05, 4.69) is 18.8 Å². The Hall–Kier alpha value is -0.340. The minimum atomic E-state index is 0.472. The number of hydrogen-bond donors (Lipinski definition) is 1. The predicted octanol–water partition coefficient (Wildman–Crippen LogP) is 3.28. The number of allylic oxidation sites excluding steroid dienone is 1. The molecule has 2 atom stereocenters. The van der Waals surface area contributed by atoms with E-state index in [1.165, 1.54) is 38.5 Å². The van der Waals surface area contributed by atoms with Gasteiger partial charge < -0.3 is 10.1 Å². The number of hydrogen-bond acceptors (Lipinski definition) is 2. The highest BCUT2D eigenvalue weighted by molar-refractivity contribution is 4.80. The fourth-order valence-corrected chi connectivity index (χ4v) is 2.43. The third kappa shape index (κ3) is 5.13. The molecule has 0 bridgehead atoms. The van der Waals surface area contributed by atoms with Gasteiger partial charge in [0, 0.05) is 12.6 Å². The quantitative estimate of drug-likeness (QED) is 0.480. The maximum Gasteiger partial charge on any atom is 0.0728 e. The second-order valence-electron chi connectivity index (χ2n) is 4.64. The van der Waals surface area contributed by atoms with Gasteiger partial charge in [0.1, 0.15) is 0 Å². The van der Waals surface area contributed by atoms with Crippen molar-refractivity contribution < 1.29 is 4.74 Å². The molecule has 1 aliphatic rings. The van der Waals surface area contributed by atoms with Crippen LogP contribution in [0.4, 0.5) is 0 Å². The van der Waals surface area contributed by atoms with E-state index < -0.39 is 0 Å². The Bertz CT molecular complexity index is 176. The van der Waals surface area contributed by atoms with Crippen LogP contribution < -0.4 is 5.32 Å². The van der Waals surface area contributed by atoms with Gasteiger partial charge in [-0.05, 0) is 38.6 Å². The molecule has 0 aromatic rings. The monoisotopic (exact) mass is 225 g/mol. The summed E-state index contributed by atoms with van der Waals surface area (Å²) in [6.45, 7) is 7.95. The van der Waals surface area contributed by atoms with Crippen molar-refractivity contribution in [2.24, 2.45) is 0 Å². The zero-order valence-corrected chi connectivity index (χ0v) is 10.7. The van der Waals surface area contributed by atoms with E-state index in [9.17, 15) is 0 Å². The number of ether oxygens (including phenoxy) is 1. The van der Waals surface area contributed by atoms with Crippen LogP contribution in [0.3, 0.4) is 0 Å². The molecule has 1 heterocycles. The molecule has 1 N–H and O–H groups in total. The second kappa shape index (κ2) is 8.77. The number of likely N-dealkylation sites (N-methyl/N-ethyl adjacent to an activating group) is 1. The number of nitrogens with one attached hydrogen (secondary N) is 1. The highest BCUT2D eigenvalue weighted by atomic mass is 16.5. The Morgan fingerprint density at radius 3 is 2.94 bits per heavy atom. The van der Waals surface area contributed by atoms with Crippen molar-refractivity contribution in [1.82, 2.24) is 5.32 Å². The average molecular weight is 225 g/mol. The minimum absolute atomic E-state index is 0.472. The smallest absolute Gasteiger partial charge is 0.0728 e. The molecule has 1 fully saturated rings. The van der Waals surface area contributed by atoms with Crippen molar-refractivity contribution in [3.63, 3.8) is 0 Å². The Labute approximate surface area is 100 Å². The summed E-state index contributed by atoms with van der Waals surface area (Å²) >= 11 is 0. The standard InChI is InChI=1S/C14H27NO/c1-3-5-6-7-8-10-13(15-4-2)14-11-9-12-16-14/h3,13-15H,1,4-12H2,2H3. The van der Waals surface area contributed by atoms with Crippen LogP contribution >= 0.6 is 0 Å². The van der Waals surface area contributed by atoms with Crippen LogP contribution in [-0.4, -0.2) is 25.3 Å². The summed E-state index contributed by atoms with van der Waals surface area (Å²) in [6, 6.07) is 0.580. The van der Waals surface area contributed by atoms with Crippen molar-refractivity contribution in [3.05, 3.63) is 12.7 Å². The molecule has 2 unspecified atom stereocenters. The van der Waals surface area contributed by atoms with E-state index in [0.29, 0.717) is 12.1 Å². The van der Waals surface area contributed by atoms with E-state index in [1.807, 2.05) is 6.08 Å². The van der Waals surface area contributed by atoms with Gasteiger partial charge in [-0.1, -0.05) is 25.8 Å². The van der Waals surface area contributed by atoms with E-state index in [4.69, 9.17) is 4.74 Å².